The molecule has 1 rings (SSSR count). The molecule has 2 unspecified atom stereocenters. The van der Waals surface area contributed by atoms with Crippen molar-refractivity contribution in [3.05, 3.63) is 24.3 Å². The average molecular weight is 268 g/mol. The second kappa shape index (κ2) is 5.29. The van der Waals surface area contributed by atoms with Crippen LogP contribution in [0.5, 0.6) is 0 Å². The Labute approximate surface area is 112 Å². The molecule has 104 valence electrons. The monoisotopic (exact) mass is 268 g/mol. The van der Waals surface area contributed by atoms with Crippen molar-refractivity contribution in [1.29, 1.82) is 0 Å². The molecule has 1 aliphatic rings. The van der Waals surface area contributed by atoms with Crippen LogP contribution in [-0.4, -0.2) is 26.5 Å². The fraction of sp³-hybridized carbons (Fsp3) is 0.714. The third-order valence-electron chi connectivity index (χ3n) is 4.26. The van der Waals surface area contributed by atoms with E-state index in [0.717, 1.165) is 6.42 Å². The van der Waals surface area contributed by atoms with Crippen molar-refractivity contribution in [3.8, 4) is 0 Å². The van der Waals surface area contributed by atoms with Crippen LogP contribution in [0.25, 0.3) is 0 Å². The number of nitrogens with two attached hydrogens (primary N) is 2. The molecule has 0 aromatic heterocycles. The van der Waals surface area contributed by atoms with Crippen LogP contribution < -0.4 is 11.5 Å². The Hall–Kier alpha value is -0.423. The van der Waals surface area contributed by atoms with Gasteiger partial charge in [-0.25, -0.2) is 0 Å². The summed E-state index contributed by atoms with van der Waals surface area (Å²) in [4.78, 5) is 0. The number of allylic oxidation sites excluding steroid dienone is 2. The van der Waals surface area contributed by atoms with Gasteiger partial charge in [0.2, 0.25) is 0 Å². The first-order chi connectivity index (χ1) is 8.08. The summed E-state index contributed by atoms with van der Waals surface area (Å²) in [7, 11) is -1.68. The molecule has 0 aliphatic heterocycles. The van der Waals surface area contributed by atoms with Crippen LogP contribution in [0.1, 0.15) is 27.2 Å². The third-order valence-corrected chi connectivity index (χ3v) is 8.80. The molecule has 18 heavy (non-hydrogen) atoms. The summed E-state index contributed by atoms with van der Waals surface area (Å²) in [5.41, 5.74) is 11.9. The van der Waals surface area contributed by atoms with Crippen LogP contribution in [0, 0.1) is 0 Å². The summed E-state index contributed by atoms with van der Waals surface area (Å²) in [5.74, 6) is 0. The largest absolute Gasteiger partial charge is 0.417 e. The van der Waals surface area contributed by atoms with E-state index in [1.807, 2.05) is 24.3 Å². The molecule has 0 radical (unpaired) electrons. The van der Waals surface area contributed by atoms with E-state index in [-0.39, 0.29) is 11.1 Å². The molecule has 4 heteroatoms. The van der Waals surface area contributed by atoms with Gasteiger partial charge in [0.15, 0.2) is 8.32 Å². The average Bonchev–Trinajstić information content (AvgIpc) is 2.21. The molecule has 0 aromatic carbocycles. The SMILES string of the molecule is CC(C)(C)[Si](C)(C)OCCC1(N)C=CC=CC1N. The van der Waals surface area contributed by atoms with E-state index < -0.39 is 13.9 Å². The van der Waals surface area contributed by atoms with Crippen molar-refractivity contribution >= 4 is 8.32 Å². The summed E-state index contributed by atoms with van der Waals surface area (Å²) < 4.78 is 6.16. The van der Waals surface area contributed by atoms with E-state index in [1.165, 1.54) is 0 Å². The third kappa shape index (κ3) is 3.54. The second-order valence-corrected chi connectivity index (χ2v) is 11.6. The lowest BCUT2D eigenvalue weighted by Crippen LogP contribution is -2.55. The van der Waals surface area contributed by atoms with Crippen molar-refractivity contribution in [1.82, 2.24) is 0 Å². The zero-order chi connectivity index (χ0) is 14.0. The number of hydrogen-bond donors (Lipinski definition) is 2. The maximum absolute atomic E-state index is 6.31. The zero-order valence-corrected chi connectivity index (χ0v) is 13.4. The van der Waals surface area contributed by atoms with Gasteiger partial charge in [0.25, 0.3) is 0 Å². The summed E-state index contributed by atoms with van der Waals surface area (Å²) in [6.45, 7) is 11.9. The first-order valence-electron chi connectivity index (χ1n) is 6.63. The normalized spacial score (nSPS) is 28.7. The Balaban J connectivity index is 2.52. The van der Waals surface area contributed by atoms with Gasteiger partial charge in [-0.1, -0.05) is 45.1 Å². The van der Waals surface area contributed by atoms with Crippen LogP contribution in [0.15, 0.2) is 24.3 Å². The van der Waals surface area contributed by atoms with Gasteiger partial charge in [0, 0.05) is 12.6 Å². The van der Waals surface area contributed by atoms with E-state index in [4.69, 9.17) is 15.9 Å². The van der Waals surface area contributed by atoms with Gasteiger partial charge < -0.3 is 15.9 Å². The predicted molar refractivity (Wildman–Crippen MR) is 80.9 cm³/mol. The predicted octanol–water partition coefficient (Wildman–Crippen LogP) is 2.55. The van der Waals surface area contributed by atoms with E-state index in [0.29, 0.717) is 6.61 Å². The van der Waals surface area contributed by atoms with Gasteiger partial charge in [0.05, 0.1) is 5.54 Å². The molecule has 0 amide bonds. The fourth-order valence-corrected chi connectivity index (χ4v) is 2.70. The van der Waals surface area contributed by atoms with Gasteiger partial charge in [-0.3, -0.25) is 0 Å². The highest BCUT2D eigenvalue weighted by Crippen LogP contribution is 2.36. The van der Waals surface area contributed by atoms with Gasteiger partial charge >= 0.3 is 0 Å². The van der Waals surface area contributed by atoms with E-state index >= 15 is 0 Å². The molecule has 0 fully saturated rings. The van der Waals surface area contributed by atoms with Gasteiger partial charge in [-0.05, 0) is 24.6 Å². The lowest BCUT2D eigenvalue weighted by molar-refractivity contribution is 0.248. The Kier molecular flexibility index (Phi) is 4.59. The van der Waals surface area contributed by atoms with Crippen molar-refractivity contribution in [2.75, 3.05) is 6.61 Å². The maximum atomic E-state index is 6.31. The minimum Gasteiger partial charge on any atom is -0.417 e. The smallest absolute Gasteiger partial charge is 0.191 e. The van der Waals surface area contributed by atoms with E-state index in [1.54, 1.807) is 0 Å². The Bertz CT molecular complexity index is 344. The van der Waals surface area contributed by atoms with Gasteiger partial charge in [-0.2, -0.15) is 0 Å². The van der Waals surface area contributed by atoms with E-state index in [9.17, 15) is 0 Å². The lowest BCUT2D eigenvalue weighted by atomic mass is 9.85. The fourth-order valence-electron chi connectivity index (χ4n) is 1.66. The van der Waals surface area contributed by atoms with Crippen LogP contribution in [0.4, 0.5) is 0 Å². The minimum atomic E-state index is -1.68. The minimum absolute atomic E-state index is 0.120. The molecule has 0 bridgehead atoms. The number of rotatable bonds is 4. The molecule has 2 atom stereocenters. The van der Waals surface area contributed by atoms with Crippen LogP contribution >= 0.6 is 0 Å². The van der Waals surface area contributed by atoms with Gasteiger partial charge in [-0.15, -0.1) is 0 Å². The summed E-state index contributed by atoms with van der Waals surface area (Å²) in [6.07, 6.45) is 8.63. The zero-order valence-electron chi connectivity index (χ0n) is 12.4. The van der Waals surface area contributed by atoms with E-state index in [2.05, 4.69) is 33.9 Å². The first-order valence-corrected chi connectivity index (χ1v) is 9.54. The number of hydrogen-bond acceptors (Lipinski definition) is 3. The molecular formula is C14H28N2OSi. The molecule has 0 heterocycles. The molecular weight excluding hydrogens is 240 g/mol. The van der Waals surface area contributed by atoms with Crippen molar-refractivity contribution < 1.29 is 4.43 Å². The van der Waals surface area contributed by atoms with Crippen molar-refractivity contribution in [2.45, 2.75) is 56.9 Å². The standard InChI is InChI=1S/C14H28N2OSi/c1-13(2,3)18(4,5)17-11-10-14(16)9-7-6-8-12(14)15/h6-9,12H,10-11,15-16H2,1-5H3. The highest BCUT2D eigenvalue weighted by Gasteiger charge is 2.38. The highest BCUT2D eigenvalue weighted by molar-refractivity contribution is 6.74. The Morgan fingerprint density at radius 1 is 1.28 bits per heavy atom. The lowest BCUT2D eigenvalue weighted by Gasteiger charge is -2.38. The van der Waals surface area contributed by atoms with Crippen molar-refractivity contribution in [3.63, 3.8) is 0 Å². The molecule has 1 aliphatic carbocycles. The highest BCUT2D eigenvalue weighted by atomic mass is 28.4. The Morgan fingerprint density at radius 3 is 2.39 bits per heavy atom. The summed E-state index contributed by atoms with van der Waals surface area (Å²) >= 11 is 0. The molecule has 0 aromatic rings. The molecule has 0 spiro atoms. The Morgan fingerprint density at radius 2 is 1.89 bits per heavy atom. The molecule has 4 N–H and O–H groups in total. The summed E-state index contributed by atoms with van der Waals surface area (Å²) in [5, 5.41) is 0.235. The molecule has 0 saturated carbocycles. The molecule has 0 saturated heterocycles. The maximum Gasteiger partial charge on any atom is 0.191 e. The first kappa shape index (κ1) is 15.6. The van der Waals surface area contributed by atoms with Crippen LogP contribution in [0.3, 0.4) is 0 Å². The summed E-state index contributed by atoms with van der Waals surface area (Å²) in [6, 6.07) is -0.120. The second-order valence-electron chi connectivity index (χ2n) is 6.74. The van der Waals surface area contributed by atoms with Crippen LogP contribution in [-0.2, 0) is 4.43 Å². The van der Waals surface area contributed by atoms with Gasteiger partial charge in [0.1, 0.15) is 0 Å². The van der Waals surface area contributed by atoms with Crippen molar-refractivity contribution in [2.24, 2.45) is 11.5 Å². The topological polar surface area (TPSA) is 61.3 Å². The van der Waals surface area contributed by atoms with Crippen LogP contribution in [0.2, 0.25) is 18.1 Å². The quantitative estimate of drug-likeness (QED) is 0.770. The molecule has 3 nitrogen and oxygen atoms in total.